The Morgan fingerprint density at radius 1 is 1.27 bits per heavy atom. The summed E-state index contributed by atoms with van der Waals surface area (Å²) in [6.07, 6.45) is 0. The number of rotatable bonds is 3. The first-order chi connectivity index (χ1) is 7.13. The first-order valence-electron chi connectivity index (χ1n) is 5.06. The smallest absolute Gasteiger partial charge is 0.320 e. The second kappa shape index (κ2) is 5.55. The van der Waals surface area contributed by atoms with Crippen LogP contribution in [0.2, 0.25) is 0 Å². The molecule has 0 aromatic carbocycles. The van der Waals surface area contributed by atoms with Crippen molar-refractivity contribution in [1.82, 2.24) is 9.80 Å². The quantitative estimate of drug-likeness (QED) is 0.628. The zero-order chi connectivity index (χ0) is 11.3. The van der Waals surface area contributed by atoms with Crippen molar-refractivity contribution in [3.63, 3.8) is 0 Å². The Kier molecular flexibility index (Phi) is 4.36. The molecule has 6 heteroatoms. The van der Waals surface area contributed by atoms with Crippen molar-refractivity contribution < 1.29 is 14.3 Å². The molecule has 0 aliphatic carbocycles. The average Bonchev–Trinajstić information content (AvgIpc) is 2.18. The van der Waals surface area contributed by atoms with Gasteiger partial charge < -0.3 is 15.4 Å². The molecule has 6 nitrogen and oxygen atoms in total. The van der Waals surface area contributed by atoms with Crippen LogP contribution in [0, 0.1) is 0 Å². The van der Waals surface area contributed by atoms with Gasteiger partial charge in [-0.05, 0) is 6.92 Å². The van der Waals surface area contributed by atoms with Crippen LogP contribution in [0.25, 0.3) is 0 Å². The standard InChI is InChI=1S/C9H17N3O3/c1-2-15-8(13)7-11-3-5-12(6-4-11)9(10)14/h2-7H2,1H3,(H2,10,14). The molecular weight excluding hydrogens is 198 g/mol. The third kappa shape index (κ3) is 3.75. The van der Waals surface area contributed by atoms with Crippen LogP contribution < -0.4 is 5.73 Å². The Morgan fingerprint density at radius 3 is 2.33 bits per heavy atom. The topological polar surface area (TPSA) is 75.9 Å². The zero-order valence-electron chi connectivity index (χ0n) is 8.94. The summed E-state index contributed by atoms with van der Waals surface area (Å²) in [5.41, 5.74) is 5.14. The van der Waals surface area contributed by atoms with Gasteiger partial charge in [0.05, 0.1) is 13.2 Å². The third-order valence-electron chi connectivity index (χ3n) is 2.34. The lowest BCUT2D eigenvalue weighted by Gasteiger charge is -2.32. The van der Waals surface area contributed by atoms with Gasteiger partial charge in [0.1, 0.15) is 0 Å². The van der Waals surface area contributed by atoms with Gasteiger partial charge in [0.2, 0.25) is 0 Å². The van der Waals surface area contributed by atoms with Gasteiger partial charge in [-0.3, -0.25) is 9.69 Å². The van der Waals surface area contributed by atoms with Crippen LogP contribution in [0.5, 0.6) is 0 Å². The predicted molar refractivity (Wildman–Crippen MR) is 54.2 cm³/mol. The number of hydrogen-bond donors (Lipinski definition) is 1. The lowest BCUT2D eigenvalue weighted by molar-refractivity contribution is -0.144. The van der Waals surface area contributed by atoms with E-state index in [0.29, 0.717) is 39.3 Å². The van der Waals surface area contributed by atoms with Crippen LogP contribution in [-0.2, 0) is 9.53 Å². The Labute approximate surface area is 88.9 Å². The van der Waals surface area contributed by atoms with Gasteiger partial charge in [0.15, 0.2) is 0 Å². The summed E-state index contributed by atoms with van der Waals surface area (Å²) in [5, 5.41) is 0. The molecule has 0 radical (unpaired) electrons. The van der Waals surface area contributed by atoms with E-state index in [-0.39, 0.29) is 5.97 Å². The number of ether oxygens (including phenoxy) is 1. The minimum absolute atomic E-state index is 0.218. The Hall–Kier alpha value is -1.30. The van der Waals surface area contributed by atoms with E-state index in [9.17, 15) is 9.59 Å². The molecular formula is C9H17N3O3. The summed E-state index contributed by atoms with van der Waals surface area (Å²) in [6.45, 7) is 4.97. The number of nitrogens with zero attached hydrogens (tertiary/aromatic N) is 2. The molecule has 0 bridgehead atoms. The second-order valence-corrected chi connectivity index (χ2v) is 3.41. The maximum atomic E-state index is 11.2. The van der Waals surface area contributed by atoms with E-state index in [1.54, 1.807) is 11.8 Å². The molecule has 1 aliphatic rings. The van der Waals surface area contributed by atoms with E-state index in [1.807, 2.05) is 4.90 Å². The molecule has 15 heavy (non-hydrogen) atoms. The monoisotopic (exact) mass is 215 g/mol. The molecule has 0 aromatic rings. The van der Waals surface area contributed by atoms with Crippen LogP contribution in [0.1, 0.15) is 6.92 Å². The molecule has 2 N–H and O–H groups in total. The highest BCUT2D eigenvalue weighted by Gasteiger charge is 2.20. The minimum Gasteiger partial charge on any atom is -0.465 e. The molecule has 0 spiro atoms. The zero-order valence-corrected chi connectivity index (χ0v) is 8.94. The summed E-state index contributed by atoms with van der Waals surface area (Å²) >= 11 is 0. The summed E-state index contributed by atoms with van der Waals surface area (Å²) in [6, 6.07) is -0.397. The first-order valence-corrected chi connectivity index (χ1v) is 5.06. The normalized spacial score (nSPS) is 17.5. The summed E-state index contributed by atoms with van der Waals surface area (Å²) in [4.78, 5) is 25.5. The van der Waals surface area contributed by atoms with Crippen molar-refractivity contribution in [2.75, 3.05) is 39.3 Å². The van der Waals surface area contributed by atoms with Crippen LogP contribution in [0.4, 0.5) is 4.79 Å². The van der Waals surface area contributed by atoms with Gasteiger partial charge in [-0.1, -0.05) is 0 Å². The van der Waals surface area contributed by atoms with Crippen LogP contribution in [0.3, 0.4) is 0 Å². The van der Waals surface area contributed by atoms with Gasteiger partial charge in [-0.15, -0.1) is 0 Å². The number of piperazine rings is 1. The molecule has 0 saturated carbocycles. The molecule has 1 fully saturated rings. The number of carbonyl (C=O) groups excluding carboxylic acids is 2. The summed E-state index contributed by atoms with van der Waals surface area (Å²) in [5.74, 6) is -0.218. The number of primary amides is 1. The van der Waals surface area contributed by atoms with Crippen molar-refractivity contribution in [1.29, 1.82) is 0 Å². The van der Waals surface area contributed by atoms with Gasteiger partial charge >= 0.3 is 12.0 Å². The number of nitrogens with two attached hydrogens (primary N) is 1. The van der Waals surface area contributed by atoms with Crippen molar-refractivity contribution in [2.45, 2.75) is 6.92 Å². The van der Waals surface area contributed by atoms with Gasteiger partial charge in [-0.2, -0.15) is 0 Å². The molecule has 1 aliphatic heterocycles. The van der Waals surface area contributed by atoms with Crippen molar-refractivity contribution >= 4 is 12.0 Å². The van der Waals surface area contributed by atoms with Crippen LogP contribution >= 0.6 is 0 Å². The van der Waals surface area contributed by atoms with E-state index >= 15 is 0 Å². The number of amides is 2. The van der Waals surface area contributed by atoms with Crippen LogP contribution in [0.15, 0.2) is 0 Å². The van der Waals surface area contributed by atoms with Gasteiger partial charge in [0.25, 0.3) is 0 Å². The fourth-order valence-corrected chi connectivity index (χ4v) is 1.52. The maximum Gasteiger partial charge on any atom is 0.320 e. The van der Waals surface area contributed by atoms with Gasteiger partial charge in [0, 0.05) is 26.2 Å². The molecule has 86 valence electrons. The highest BCUT2D eigenvalue weighted by molar-refractivity contribution is 5.73. The highest BCUT2D eigenvalue weighted by atomic mass is 16.5. The summed E-state index contributed by atoms with van der Waals surface area (Å²) in [7, 11) is 0. The minimum atomic E-state index is -0.397. The van der Waals surface area contributed by atoms with E-state index in [0.717, 1.165) is 0 Å². The largest absolute Gasteiger partial charge is 0.465 e. The first kappa shape index (κ1) is 11.8. The molecule has 2 amide bonds. The Balaban J connectivity index is 2.25. The SMILES string of the molecule is CCOC(=O)CN1CCN(C(N)=O)CC1. The molecule has 0 aromatic heterocycles. The predicted octanol–water partition coefficient (Wildman–Crippen LogP) is -0.754. The highest BCUT2D eigenvalue weighted by Crippen LogP contribution is 2.01. The van der Waals surface area contributed by atoms with Crippen molar-refractivity contribution in [3.05, 3.63) is 0 Å². The summed E-state index contributed by atoms with van der Waals surface area (Å²) < 4.78 is 4.83. The second-order valence-electron chi connectivity index (χ2n) is 3.41. The molecule has 0 unspecified atom stereocenters. The fourth-order valence-electron chi connectivity index (χ4n) is 1.52. The van der Waals surface area contributed by atoms with Gasteiger partial charge in [-0.25, -0.2) is 4.79 Å². The Morgan fingerprint density at radius 2 is 1.87 bits per heavy atom. The lowest BCUT2D eigenvalue weighted by atomic mass is 10.3. The van der Waals surface area contributed by atoms with E-state index in [2.05, 4.69) is 0 Å². The number of carbonyl (C=O) groups is 2. The van der Waals surface area contributed by atoms with E-state index < -0.39 is 6.03 Å². The van der Waals surface area contributed by atoms with Crippen LogP contribution in [-0.4, -0.2) is 61.1 Å². The Bertz CT molecular complexity index is 237. The molecule has 0 atom stereocenters. The van der Waals surface area contributed by atoms with Crippen molar-refractivity contribution in [2.24, 2.45) is 5.73 Å². The fraction of sp³-hybridized carbons (Fsp3) is 0.778. The number of urea groups is 1. The van der Waals surface area contributed by atoms with E-state index in [4.69, 9.17) is 10.5 Å². The maximum absolute atomic E-state index is 11.2. The molecule has 1 rings (SSSR count). The molecule has 1 saturated heterocycles. The molecule has 1 heterocycles. The number of hydrogen-bond acceptors (Lipinski definition) is 4. The third-order valence-corrected chi connectivity index (χ3v) is 2.34. The van der Waals surface area contributed by atoms with E-state index in [1.165, 1.54) is 0 Å². The van der Waals surface area contributed by atoms with Crippen molar-refractivity contribution in [3.8, 4) is 0 Å². The lowest BCUT2D eigenvalue weighted by Crippen LogP contribution is -2.51. The number of esters is 1. The average molecular weight is 215 g/mol.